The van der Waals surface area contributed by atoms with Crippen LogP contribution in [0.2, 0.25) is 0 Å². The van der Waals surface area contributed by atoms with Gasteiger partial charge < -0.3 is 10.1 Å². The van der Waals surface area contributed by atoms with Crippen LogP contribution in [0.5, 0.6) is 5.75 Å². The van der Waals surface area contributed by atoms with Crippen LogP contribution in [0, 0.1) is 0 Å². The Morgan fingerprint density at radius 2 is 2.25 bits per heavy atom. The lowest BCUT2D eigenvalue weighted by Crippen LogP contribution is -2.29. The predicted molar refractivity (Wildman–Crippen MR) is 67.0 cm³/mol. The van der Waals surface area contributed by atoms with E-state index in [1.165, 1.54) is 24.0 Å². The third-order valence-corrected chi connectivity index (χ3v) is 3.17. The van der Waals surface area contributed by atoms with Crippen molar-refractivity contribution in [1.29, 1.82) is 0 Å². The second kappa shape index (κ2) is 5.35. The van der Waals surface area contributed by atoms with Gasteiger partial charge in [0.15, 0.2) is 0 Å². The molecule has 88 valence electrons. The van der Waals surface area contributed by atoms with E-state index in [0.29, 0.717) is 6.04 Å². The molecule has 1 aromatic carbocycles. The molecule has 0 bridgehead atoms. The molecule has 0 saturated heterocycles. The summed E-state index contributed by atoms with van der Waals surface area (Å²) in [5.41, 5.74) is 2.93. The Balaban J connectivity index is 2.25. The molecule has 0 amide bonds. The molecule has 0 saturated carbocycles. The van der Waals surface area contributed by atoms with Crippen molar-refractivity contribution in [3.8, 4) is 5.75 Å². The average Bonchev–Trinajstić information content (AvgIpc) is 2.31. The van der Waals surface area contributed by atoms with Gasteiger partial charge in [-0.2, -0.15) is 0 Å². The second-order valence-corrected chi connectivity index (χ2v) is 4.34. The first-order chi connectivity index (χ1) is 7.85. The zero-order chi connectivity index (χ0) is 11.4. The van der Waals surface area contributed by atoms with Crippen LogP contribution in [0.1, 0.15) is 43.9 Å². The molecule has 2 rings (SSSR count). The van der Waals surface area contributed by atoms with Gasteiger partial charge in [0.25, 0.3) is 0 Å². The molecule has 0 spiro atoms. The first kappa shape index (κ1) is 11.5. The second-order valence-electron chi connectivity index (χ2n) is 4.34. The SMILES string of the molecule is CCCC1NCCc2ccc(OCC)cc21. The molecule has 2 heteroatoms. The van der Waals surface area contributed by atoms with Gasteiger partial charge in [0, 0.05) is 6.04 Å². The number of ether oxygens (including phenoxy) is 1. The topological polar surface area (TPSA) is 21.3 Å². The molecule has 0 fully saturated rings. The highest BCUT2D eigenvalue weighted by atomic mass is 16.5. The quantitative estimate of drug-likeness (QED) is 0.840. The summed E-state index contributed by atoms with van der Waals surface area (Å²) in [5, 5.41) is 3.59. The van der Waals surface area contributed by atoms with Crippen LogP contribution in [-0.4, -0.2) is 13.2 Å². The van der Waals surface area contributed by atoms with Crippen molar-refractivity contribution in [2.75, 3.05) is 13.2 Å². The number of rotatable bonds is 4. The van der Waals surface area contributed by atoms with Gasteiger partial charge in [0.05, 0.1) is 6.61 Å². The number of hydrogen-bond acceptors (Lipinski definition) is 2. The molecule has 1 atom stereocenters. The summed E-state index contributed by atoms with van der Waals surface area (Å²) in [6, 6.07) is 7.06. The molecule has 1 unspecified atom stereocenters. The van der Waals surface area contributed by atoms with Crippen LogP contribution in [-0.2, 0) is 6.42 Å². The van der Waals surface area contributed by atoms with Gasteiger partial charge in [-0.1, -0.05) is 19.4 Å². The normalized spacial score (nSPS) is 19.2. The molecule has 16 heavy (non-hydrogen) atoms. The van der Waals surface area contributed by atoms with Crippen LogP contribution in [0.15, 0.2) is 18.2 Å². The van der Waals surface area contributed by atoms with Gasteiger partial charge in [0.1, 0.15) is 5.75 Å². The minimum atomic E-state index is 0.522. The van der Waals surface area contributed by atoms with E-state index in [4.69, 9.17) is 4.74 Å². The van der Waals surface area contributed by atoms with Gasteiger partial charge >= 0.3 is 0 Å². The first-order valence-corrected chi connectivity index (χ1v) is 6.34. The van der Waals surface area contributed by atoms with E-state index in [-0.39, 0.29) is 0 Å². The van der Waals surface area contributed by atoms with Gasteiger partial charge in [0.2, 0.25) is 0 Å². The van der Waals surface area contributed by atoms with Crippen molar-refractivity contribution in [2.45, 2.75) is 39.2 Å². The maximum atomic E-state index is 5.57. The van der Waals surface area contributed by atoms with Crippen LogP contribution in [0.3, 0.4) is 0 Å². The molecule has 1 aliphatic rings. The lowest BCUT2D eigenvalue weighted by molar-refractivity contribution is 0.338. The summed E-state index contributed by atoms with van der Waals surface area (Å²) in [6.45, 7) is 6.11. The molecule has 0 radical (unpaired) electrons. The maximum absolute atomic E-state index is 5.57. The number of nitrogens with one attached hydrogen (secondary N) is 1. The third kappa shape index (κ3) is 2.38. The van der Waals surface area contributed by atoms with Gasteiger partial charge in [-0.3, -0.25) is 0 Å². The van der Waals surface area contributed by atoms with Crippen LogP contribution < -0.4 is 10.1 Å². The van der Waals surface area contributed by atoms with Crippen LogP contribution >= 0.6 is 0 Å². The van der Waals surface area contributed by atoms with E-state index < -0.39 is 0 Å². The number of benzene rings is 1. The number of fused-ring (bicyclic) bond motifs is 1. The number of hydrogen-bond donors (Lipinski definition) is 1. The van der Waals surface area contributed by atoms with Crippen molar-refractivity contribution >= 4 is 0 Å². The lowest BCUT2D eigenvalue weighted by atomic mass is 9.91. The standard InChI is InChI=1S/C14H21NO/c1-3-5-14-13-10-12(16-4-2)7-6-11(13)8-9-15-14/h6-7,10,14-15H,3-5,8-9H2,1-2H3. The largest absolute Gasteiger partial charge is 0.494 e. The van der Waals surface area contributed by atoms with Crippen molar-refractivity contribution in [3.05, 3.63) is 29.3 Å². The highest BCUT2D eigenvalue weighted by molar-refractivity contribution is 5.39. The van der Waals surface area contributed by atoms with Gasteiger partial charge in [-0.05, 0) is 49.6 Å². The lowest BCUT2D eigenvalue weighted by Gasteiger charge is -2.27. The van der Waals surface area contributed by atoms with Crippen LogP contribution in [0.4, 0.5) is 0 Å². The Hall–Kier alpha value is -1.02. The maximum Gasteiger partial charge on any atom is 0.119 e. The Morgan fingerprint density at radius 1 is 1.38 bits per heavy atom. The van der Waals surface area contributed by atoms with E-state index in [2.05, 4.69) is 30.4 Å². The first-order valence-electron chi connectivity index (χ1n) is 6.34. The van der Waals surface area contributed by atoms with Gasteiger partial charge in [-0.15, -0.1) is 0 Å². The van der Waals surface area contributed by atoms with Crippen molar-refractivity contribution < 1.29 is 4.74 Å². The minimum Gasteiger partial charge on any atom is -0.494 e. The van der Waals surface area contributed by atoms with E-state index in [9.17, 15) is 0 Å². The zero-order valence-electron chi connectivity index (χ0n) is 10.3. The van der Waals surface area contributed by atoms with E-state index in [1.54, 1.807) is 0 Å². The fourth-order valence-electron chi connectivity index (χ4n) is 2.42. The third-order valence-electron chi connectivity index (χ3n) is 3.17. The Labute approximate surface area is 98.0 Å². The van der Waals surface area contributed by atoms with Gasteiger partial charge in [-0.25, -0.2) is 0 Å². The Kier molecular flexibility index (Phi) is 3.83. The Morgan fingerprint density at radius 3 is 3.00 bits per heavy atom. The van der Waals surface area contributed by atoms with Crippen LogP contribution in [0.25, 0.3) is 0 Å². The monoisotopic (exact) mass is 219 g/mol. The molecule has 0 aliphatic carbocycles. The van der Waals surface area contributed by atoms with Crippen molar-refractivity contribution in [3.63, 3.8) is 0 Å². The predicted octanol–water partition coefficient (Wildman–Crippen LogP) is 3.07. The van der Waals surface area contributed by atoms with E-state index in [1.807, 2.05) is 6.92 Å². The minimum absolute atomic E-state index is 0.522. The van der Waals surface area contributed by atoms with Crippen molar-refractivity contribution in [2.24, 2.45) is 0 Å². The smallest absolute Gasteiger partial charge is 0.119 e. The molecule has 2 nitrogen and oxygen atoms in total. The summed E-state index contributed by atoms with van der Waals surface area (Å²) < 4.78 is 5.57. The highest BCUT2D eigenvalue weighted by Crippen LogP contribution is 2.29. The fraction of sp³-hybridized carbons (Fsp3) is 0.571. The molecular weight excluding hydrogens is 198 g/mol. The molecule has 1 N–H and O–H groups in total. The molecule has 1 aromatic rings. The summed E-state index contributed by atoms with van der Waals surface area (Å²) >= 11 is 0. The fourth-order valence-corrected chi connectivity index (χ4v) is 2.42. The summed E-state index contributed by atoms with van der Waals surface area (Å²) in [6.07, 6.45) is 3.57. The molecule has 1 aliphatic heterocycles. The van der Waals surface area contributed by atoms with E-state index in [0.717, 1.165) is 25.3 Å². The van der Waals surface area contributed by atoms with Crippen molar-refractivity contribution in [1.82, 2.24) is 5.32 Å². The molecule has 1 heterocycles. The van der Waals surface area contributed by atoms with E-state index >= 15 is 0 Å². The summed E-state index contributed by atoms with van der Waals surface area (Å²) in [5.74, 6) is 1.01. The summed E-state index contributed by atoms with van der Waals surface area (Å²) in [7, 11) is 0. The Bertz CT molecular complexity index is 349. The highest BCUT2D eigenvalue weighted by Gasteiger charge is 2.19. The average molecular weight is 219 g/mol. The zero-order valence-corrected chi connectivity index (χ0v) is 10.3. The molecular formula is C14H21NO. The summed E-state index contributed by atoms with van der Waals surface area (Å²) in [4.78, 5) is 0. The molecule has 0 aromatic heterocycles.